The molecule has 2 fully saturated rings. The van der Waals surface area contributed by atoms with Crippen LogP contribution in [0.3, 0.4) is 0 Å². The van der Waals surface area contributed by atoms with Crippen LogP contribution < -0.4 is 5.73 Å². The highest BCUT2D eigenvalue weighted by atomic mass is 31.2. The molecule has 2 saturated heterocycles. The Morgan fingerprint density at radius 1 is 1.11 bits per heavy atom. The maximum absolute atomic E-state index is 13.6. The molecule has 2 aliphatic heterocycles. The highest BCUT2D eigenvalue weighted by Crippen LogP contribution is 2.58. The highest BCUT2D eigenvalue weighted by molar-refractivity contribution is 7.48. The van der Waals surface area contributed by atoms with Gasteiger partial charge in [-0.3, -0.25) is 18.6 Å². The van der Waals surface area contributed by atoms with Crippen molar-refractivity contribution < 1.29 is 41.9 Å². The normalized spacial score (nSPS) is 26.5. The molecule has 242 valence electrons. The number of carbonyl (C=O) groups is 2. The lowest BCUT2D eigenvalue weighted by molar-refractivity contribution is -0.166. The van der Waals surface area contributed by atoms with E-state index >= 15 is 0 Å². The molecule has 15 heteroatoms. The average molecular weight is 636 g/mol. The van der Waals surface area contributed by atoms with Gasteiger partial charge in [-0.25, -0.2) is 18.6 Å². The van der Waals surface area contributed by atoms with Crippen LogP contribution in [0.5, 0.6) is 0 Å². The van der Waals surface area contributed by atoms with Gasteiger partial charge < -0.3 is 19.9 Å². The molecule has 2 aliphatic rings. The quantitative estimate of drug-likeness (QED) is 0.160. The maximum atomic E-state index is 13.6. The Morgan fingerprint density at radius 3 is 2.36 bits per heavy atom. The summed E-state index contributed by atoms with van der Waals surface area (Å²) >= 11 is 0. The maximum Gasteiger partial charge on any atom is 0.478 e. The summed E-state index contributed by atoms with van der Waals surface area (Å²) in [4.78, 5) is 30.1. The van der Waals surface area contributed by atoms with Crippen LogP contribution in [-0.4, -0.2) is 58.2 Å². The van der Waals surface area contributed by atoms with Crippen LogP contribution in [0.15, 0.2) is 18.5 Å². The molecule has 4 rings (SSSR count). The van der Waals surface area contributed by atoms with Crippen LogP contribution in [-0.2, 0) is 47.5 Å². The Balaban J connectivity index is 1.63. The molecule has 2 aromatic heterocycles. The Labute approximate surface area is 257 Å². The number of hydrogen-bond donors (Lipinski definition) is 1. The first-order chi connectivity index (χ1) is 21.2. The topological polar surface area (TPSA) is 187 Å². The Kier molecular flexibility index (Phi) is 11.4. The fraction of sp³-hybridized carbons (Fsp3) is 0.690. The predicted octanol–water partition coefficient (Wildman–Crippen LogP) is 4.81. The van der Waals surface area contributed by atoms with Crippen molar-refractivity contribution in [1.29, 1.82) is 5.26 Å². The second kappa shape index (κ2) is 14.8. The predicted molar refractivity (Wildman–Crippen MR) is 157 cm³/mol. The van der Waals surface area contributed by atoms with Crippen molar-refractivity contribution in [2.24, 2.45) is 11.8 Å². The number of hydrogen-bond acceptors (Lipinski definition) is 13. The van der Waals surface area contributed by atoms with Gasteiger partial charge in [0.1, 0.15) is 30.1 Å². The van der Waals surface area contributed by atoms with Crippen molar-refractivity contribution in [1.82, 2.24) is 14.6 Å². The minimum absolute atomic E-state index is 0.168. The van der Waals surface area contributed by atoms with Crippen molar-refractivity contribution in [3.8, 4) is 6.07 Å². The summed E-state index contributed by atoms with van der Waals surface area (Å²) in [5.41, 5.74) is 4.71. The number of ether oxygens (including phenoxy) is 3. The van der Waals surface area contributed by atoms with E-state index in [9.17, 15) is 19.4 Å². The van der Waals surface area contributed by atoms with Crippen molar-refractivity contribution in [2.75, 3.05) is 19.1 Å². The third-order valence-electron chi connectivity index (χ3n) is 7.95. The molecule has 0 aliphatic carbocycles. The molecule has 4 heterocycles. The lowest BCUT2D eigenvalue weighted by atomic mass is 9.91. The van der Waals surface area contributed by atoms with Crippen molar-refractivity contribution >= 4 is 31.1 Å². The summed E-state index contributed by atoms with van der Waals surface area (Å²) in [5.74, 6) is -1.56. The summed E-state index contributed by atoms with van der Waals surface area (Å²) in [5, 5.41) is 14.9. The van der Waals surface area contributed by atoms with Gasteiger partial charge in [0.2, 0.25) is 12.4 Å². The van der Waals surface area contributed by atoms with Crippen LogP contribution in [0.2, 0.25) is 0 Å². The highest BCUT2D eigenvalue weighted by Gasteiger charge is 2.65. The molecular formula is C29H42N5O9P. The molecule has 0 saturated carbocycles. The van der Waals surface area contributed by atoms with Gasteiger partial charge in [0.05, 0.1) is 24.1 Å². The smallest absolute Gasteiger partial charge is 0.454 e. The number of rotatable bonds is 15. The molecule has 14 nitrogen and oxygen atoms in total. The molecule has 0 radical (unpaired) electrons. The van der Waals surface area contributed by atoms with Gasteiger partial charge in [-0.1, -0.05) is 53.4 Å². The molecule has 44 heavy (non-hydrogen) atoms. The number of nitrogens with zero attached hydrogens (tertiary/aromatic N) is 4. The lowest BCUT2D eigenvalue weighted by Crippen LogP contribution is -2.47. The Bertz CT molecular complexity index is 1380. The van der Waals surface area contributed by atoms with E-state index in [0.29, 0.717) is 31.2 Å². The third kappa shape index (κ3) is 6.92. The molecule has 0 aromatic carbocycles. The SMILES string of the molecule is CCCC(CCC)C(=O)OCO[P@@]1(=O)OC[C@H]2O[C@@](C#N)(c3ccc4c(N)ncnn34)[C@H](OC(=O)C(CCC)CCC)[C@@H]2O1. The van der Waals surface area contributed by atoms with Gasteiger partial charge >= 0.3 is 19.8 Å². The van der Waals surface area contributed by atoms with Gasteiger partial charge in [-0.05, 0) is 37.8 Å². The number of phosphoric ester groups is 1. The zero-order chi connectivity index (χ0) is 31.9. The largest absolute Gasteiger partial charge is 0.478 e. The monoisotopic (exact) mass is 635 g/mol. The summed E-state index contributed by atoms with van der Waals surface area (Å²) in [6.07, 6.45) is 3.23. The number of nitriles is 1. The van der Waals surface area contributed by atoms with E-state index in [2.05, 4.69) is 16.2 Å². The number of anilines is 1. The average Bonchev–Trinajstić information content (AvgIpc) is 3.57. The molecule has 0 amide bonds. The van der Waals surface area contributed by atoms with Crippen molar-refractivity contribution in [2.45, 2.75) is 103 Å². The standard InChI is InChI=1S/C29H42N5O9P/c1-5-9-19(10-6-2)27(35)38-18-40-44(37)39-15-22-24(43-44)25(41-28(36)20(11-7-3)12-8-4)29(16-30,42-22)23-14-13-21-26(31)32-17-33-34(21)23/h13-14,17,19-20,22,24-25H,5-12,15,18H2,1-4H3,(H2,31,32,33)/t22-,24-,25-,29+,44-/m1/s1. The lowest BCUT2D eigenvalue weighted by Gasteiger charge is -2.33. The second-order valence-electron chi connectivity index (χ2n) is 11.1. The molecule has 2 N–H and O–H groups in total. The van der Waals surface area contributed by atoms with E-state index in [4.69, 9.17) is 33.5 Å². The first-order valence-electron chi connectivity index (χ1n) is 15.3. The zero-order valence-corrected chi connectivity index (χ0v) is 26.6. The summed E-state index contributed by atoms with van der Waals surface area (Å²) < 4.78 is 49.2. The van der Waals surface area contributed by atoms with E-state index in [1.165, 1.54) is 10.8 Å². The molecule has 2 aromatic rings. The molecule has 0 bridgehead atoms. The minimum atomic E-state index is -4.34. The van der Waals surface area contributed by atoms with Gasteiger partial charge in [-0.2, -0.15) is 10.4 Å². The number of nitrogens with two attached hydrogens (primary N) is 1. The molecule has 0 spiro atoms. The van der Waals surface area contributed by atoms with Gasteiger partial charge in [-0.15, -0.1) is 0 Å². The van der Waals surface area contributed by atoms with E-state index in [0.717, 1.165) is 25.7 Å². The zero-order valence-electron chi connectivity index (χ0n) is 25.7. The molecular weight excluding hydrogens is 593 g/mol. The number of phosphoric acid groups is 1. The van der Waals surface area contributed by atoms with E-state index in [-0.39, 0.29) is 24.0 Å². The second-order valence-corrected chi connectivity index (χ2v) is 12.7. The third-order valence-corrected chi connectivity index (χ3v) is 9.34. The first-order valence-corrected chi connectivity index (χ1v) is 16.7. The number of fused-ring (bicyclic) bond motifs is 2. The van der Waals surface area contributed by atoms with Gasteiger partial charge in [0, 0.05) is 0 Å². The van der Waals surface area contributed by atoms with Crippen LogP contribution in [0.1, 0.15) is 84.8 Å². The van der Waals surface area contributed by atoms with Crippen LogP contribution in [0.4, 0.5) is 5.82 Å². The molecule has 5 atom stereocenters. The van der Waals surface area contributed by atoms with Gasteiger partial charge in [0.25, 0.3) is 0 Å². The number of nitrogen functional groups attached to an aromatic ring is 1. The van der Waals surface area contributed by atoms with Crippen LogP contribution in [0.25, 0.3) is 5.52 Å². The minimum Gasteiger partial charge on any atom is -0.454 e. The fourth-order valence-corrected chi connectivity index (χ4v) is 7.09. The van der Waals surface area contributed by atoms with Crippen molar-refractivity contribution in [3.05, 3.63) is 24.2 Å². The summed E-state index contributed by atoms with van der Waals surface area (Å²) in [6.45, 7) is 6.91. The van der Waals surface area contributed by atoms with Gasteiger partial charge in [0.15, 0.2) is 11.9 Å². The Morgan fingerprint density at radius 2 is 1.75 bits per heavy atom. The number of aromatic nitrogens is 3. The fourth-order valence-electron chi connectivity index (χ4n) is 5.84. The van der Waals surface area contributed by atoms with E-state index < -0.39 is 56.4 Å². The van der Waals surface area contributed by atoms with Crippen LogP contribution >= 0.6 is 7.82 Å². The van der Waals surface area contributed by atoms with Crippen molar-refractivity contribution in [3.63, 3.8) is 0 Å². The summed E-state index contributed by atoms with van der Waals surface area (Å²) in [6, 6.07) is 5.37. The van der Waals surface area contributed by atoms with Crippen LogP contribution in [0, 0.1) is 23.2 Å². The molecule has 0 unspecified atom stereocenters. The van der Waals surface area contributed by atoms with E-state index in [1.54, 1.807) is 12.1 Å². The summed E-state index contributed by atoms with van der Waals surface area (Å²) in [7, 11) is -4.34. The number of esters is 2. The van der Waals surface area contributed by atoms with E-state index in [1.807, 2.05) is 27.7 Å². The number of carbonyl (C=O) groups excluding carboxylic acids is 2. The Hall–Kier alpha value is -3.08. The first kappa shape index (κ1) is 33.8.